The number of carbonyl (C=O) groups is 1. The summed E-state index contributed by atoms with van der Waals surface area (Å²) in [5.41, 5.74) is 0.936. The number of piperidine rings is 1. The Morgan fingerprint density at radius 2 is 2.00 bits per heavy atom. The first kappa shape index (κ1) is 21.3. The van der Waals surface area contributed by atoms with Crippen LogP contribution in [0.2, 0.25) is 0 Å². The molecule has 2 heterocycles. The molecule has 7 nitrogen and oxygen atoms in total. The van der Waals surface area contributed by atoms with Gasteiger partial charge in [0, 0.05) is 38.6 Å². The van der Waals surface area contributed by atoms with E-state index in [1.807, 2.05) is 24.3 Å². The van der Waals surface area contributed by atoms with E-state index < -0.39 is 0 Å². The molecule has 2 aromatic rings. The number of benzene rings is 1. The third-order valence-corrected chi connectivity index (χ3v) is 5.40. The van der Waals surface area contributed by atoms with Crippen LogP contribution in [-0.4, -0.2) is 62.8 Å². The van der Waals surface area contributed by atoms with Crippen LogP contribution in [0.15, 0.2) is 34.9 Å². The van der Waals surface area contributed by atoms with Gasteiger partial charge in [-0.15, -0.1) is 0 Å². The Balaban J connectivity index is 1.36. The maximum absolute atomic E-state index is 12.2. The van der Waals surface area contributed by atoms with Gasteiger partial charge in [0.25, 0.3) is 0 Å². The third kappa shape index (κ3) is 6.58. The molecule has 1 aromatic carbocycles. The van der Waals surface area contributed by atoms with Gasteiger partial charge in [-0.1, -0.05) is 0 Å². The van der Waals surface area contributed by atoms with Crippen LogP contribution in [0.5, 0.6) is 5.75 Å². The quantitative estimate of drug-likeness (QED) is 0.660. The number of hydrogen-bond donors (Lipinski definition) is 1. The molecule has 1 aliphatic heterocycles. The number of oxazole rings is 1. The van der Waals surface area contributed by atoms with Gasteiger partial charge < -0.3 is 24.1 Å². The number of hydrogen-bond acceptors (Lipinski definition) is 6. The van der Waals surface area contributed by atoms with E-state index in [1.165, 1.54) is 0 Å². The van der Waals surface area contributed by atoms with Crippen LogP contribution in [0.1, 0.15) is 25.2 Å². The molecule has 0 unspecified atom stereocenters. The fourth-order valence-electron chi connectivity index (χ4n) is 3.52. The van der Waals surface area contributed by atoms with Crippen LogP contribution < -0.4 is 10.1 Å². The predicted molar refractivity (Wildman–Crippen MR) is 111 cm³/mol. The molecule has 3 rings (SSSR count). The van der Waals surface area contributed by atoms with Crippen molar-refractivity contribution in [2.24, 2.45) is 5.92 Å². The molecule has 0 atom stereocenters. The molecule has 0 aliphatic carbocycles. The minimum absolute atomic E-state index is 0.0519. The molecule has 0 radical (unpaired) electrons. The third-order valence-electron chi connectivity index (χ3n) is 5.40. The van der Waals surface area contributed by atoms with Crippen LogP contribution in [0.3, 0.4) is 0 Å². The lowest BCUT2D eigenvalue weighted by atomic mass is 9.97. The zero-order valence-corrected chi connectivity index (χ0v) is 17.4. The number of amides is 1. The molecule has 0 spiro atoms. The maximum atomic E-state index is 12.2. The number of aryl methyl sites for hydroxylation is 1. The summed E-state index contributed by atoms with van der Waals surface area (Å²) in [4.78, 5) is 18.9. The number of nitrogens with one attached hydrogen (secondary N) is 1. The van der Waals surface area contributed by atoms with Crippen LogP contribution >= 0.6 is 0 Å². The van der Waals surface area contributed by atoms with E-state index in [0.717, 1.165) is 56.9 Å². The molecule has 1 saturated heterocycles. The number of methoxy groups -OCH3 is 2. The van der Waals surface area contributed by atoms with Gasteiger partial charge in [-0.25, -0.2) is 4.98 Å². The first-order chi connectivity index (χ1) is 14.2. The highest BCUT2D eigenvalue weighted by atomic mass is 16.5. The van der Waals surface area contributed by atoms with Crippen LogP contribution in [0, 0.1) is 5.92 Å². The molecule has 29 heavy (non-hydrogen) atoms. The Morgan fingerprint density at radius 1 is 1.24 bits per heavy atom. The number of rotatable bonds is 10. The topological polar surface area (TPSA) is 76.8 Å². The van der Waals surface area contributed by atoms with Gasteiger partial charge >= 0.3 is 0 Å². The van der Waals surface area contributed by atoms with E-state index in [0.29, 0.717) is 30.4 Å². The molecule has 7 heteroatoms. The normalized spacial score (nSPS) is 15.4. The average molecular weight is 402 g/mol. The SMILES string of the molecule is COCCN1CCC(CNC(=O)CCc2ncc(-c3ccc(OC)cc3)o2)CC1. The number of likely N-dealkylation sites (tertiary alicyclic amines) is 1. The number of ether oxygens (including phenoxy) is 2. The summed E-state index contributed by atoms with van der Waals surface area (Å²) in [5.74, 6) is 2.68. The van der Waals surface area contributed by atoms with E-state index in [2.05, 4.69) is 15.2 Å². The van der Waals surface area contributed by atoms with Crippen molar-refractivity contribution in [2.75, 3.05) is 47.0 Å². The Bertz CT molecular complexity index is 752. The van der Waals surface area contributed by atoms with Crippen molar-refractivity contribution in [1.29, 1.82) is 0 Å². The first-order valence-electron chi connectivity index (χ1n) is 10.2. The molecular weight excluding hydrogens is 370 g/mol. The molecule has 1 aromatic heterocycles. The lowest BCUT2D eigenvalue weighted by Crippen LogP contribution is -2.39. The Labute approximate surface area is 172 Å². The van der Waals surface area contributed by atoms with Gasteiger partial charge in [0.15, 0.2) is 11.7 Å². The first-order valence-corrected chi connectivity index (χ1v) is 10.2. The minimum Gasteiger partial charge on any atom is -0.497 e. The van der Waals surface area contributed by atoms with E-state index in [-0.39, 0.29) is 5.91 Å². The molecular formula is C22H31N3O4. The van der Waals surface area contributed by atoms with Crippen molar-refractivity contribution in [1.82, 2.24) is 15.2 Å². The summed E-state index contributed by atoms with van der Waals surface area (Å²) in [7, 11) is 3.37. The van der Waals surface area contributed by atoms with E-state index in [1.54, 1.807) is 20.4 Å². The van der Waals surface area contributed by atoms with Crippen LogP contribution in [-0.2, 0) is 16.0 Å². The van der Waals surface area contributed by atoms with Crippen molar-refractivity contribution in [3.63, 3.8) is 0 Å². The Kier molecular flexibility index (Phi) is 8.07. The molecule has 158 valence electrons. The van der Waals surface area contributed by atoms with Gasteiger partial charge in [0.1, 0.15) is 5.75 Å². The van der Waals surface area contributed by atoms with Crippen molar-refractivity contribution in [3.05, 3.63) is 36.4 Å². The Hall–Kier alpha value is -2.38. The standard InChI is InChI=1S/C22H31N3O4/c1-27-14-13-25-11-9-17(10-12-25)15-23-21(26)7-8-22-24-16-20(29-22)18-3-5-19(28-2)6-4-18/h3-6,16-17H,7-15H2,1-2H3,(H,23,26). The van der Waals surface area contributed by atoms with Crippen molar-refractivity contribution < 1.29 is 18.7 Å². The second-order valence-corrected chi connectivity index (χ2v) is 7.43. The lowest BCUT2D eigenvalue weighted by molar-refractivity contribution is -0.121. The molecule has 1 aliphatic rings. The average Bonchev–Trinajstić information content (AvgIpc) is 3.24. The lowest BCUT2D eigenvalue weighted by Gasteiger charge is -2.31. The van der Waals surface area contributed by atoms with Crippen molar-refractivity contribution in [3.8, 4) is 17.1 Å². The van der Waals surface area contributed by atoms with Crippen molar-refractivity contribution >= 4 is 5.91 Å². The summed E-state index contributed by atoms with van der Waals surface area (Å²) in [5, 5.41) is 3.07. The maximum Gasteiger partial charge on any atom is 0.220 e. The molecule has 1 amide bonds. The van der Waals surface area contributed by atoms with Gasteiger partial charge in [0.05, 0.1) is 19.9 Å². The van der Waals surface area contributed by atoms with Gasteiger partial charge in [-0.05, 0) is 56.1 Å². The summed E-state index contributed by atoms with van der Waals surface area (Å²) in [6, 6.07) is 7.62. The second kappa shape index (κ2) is 11.0. The molecule has 1 fully saturated rings. The largest absolute Gasteiger partial charge is 0.497 e. The number of nitrogens with zero attached hydrogens (tertiary/aromatic N) is 2. The summed E-state index contributed by atoms with van der Waals surface area (Å²) < 4.78 is 16.1. The van der Waals surface area contributed by atoms with E-state index >= 15 is 0 Å². The fourth-order valence-corrected chi connectivity index (χ4v) is 3.52. The summed E-state index contributed by atoms with van der Waals surface area (Å²) in [6.45, 7) is 4.68. The van der Waals surface area contributed by atoms with E-state index in [4.69, 9.17) is 13.9 Å². The van der Waals surface area contributed by atoms with Gasteiger partial charge in [-0.3, -0.25) is 4.79 Å². The number of aromatic nitrogens is 1. The highest BCUT2D eigenvalue weighted by Crippen LogP contribution is 2.23. The number of carbonyl (C=O) groups excluding carboxylic acids is 1. The molecule has 0 saturated carbocycles. The smallest absolute Gasteiger partial charge is 0.220 e. The second-order valence-electron chi connectivity index (χ2n) is 7.43. The Morgan fingerprint density at radius 3 is 2.69 bits per heavy atom. The van der Waals surface area contributed by atoms with Gasteiger partial charge in [0.2, 0.25) is 5.91 Å². The molecule has 0 bridgehead atoms. The van der Waals surface area contributed by atoms with Crippen LogP contribution in [0.25, 0.3) is 11.3 Å². The monoisotopic (exact) mass is 401 g/mol. The summed E-state index contributed by atoms with van der Waals surface area (Å²) >= 11 is 0. The fraction of sp³-hybridized carbons (Fsp3) is 0.545. The van der Waals surface area contributed by atoms with Crippen LogP contribution in [0.4, 0.5) is 0 Å². The highest BCUT2D eigenvalue weighted by molar-refractivity contribution is 5.76. The predicted octanol–water partition coefficient (Wildman–Crippen LogP) is 2.76. The minimum atomic E-state index is 0.0519. The molecule has 1 N–H and O–H groups in total. The van der Waals surface area contributed by atoms with Crippen molar-refractivity contribution in [2.45, 2.75) is 25.7 Å². The highest BCUT2D eigenvalue weighted by Gasteiger charge is 2.19. The van der Waals surface area contributed by atoms with Gasteiger partial charge in [-0.2, -0.15) is 0 Å². The zero-order chi connectivity index (χ0) is 20.5. The van der Waals surface area contributed by atoms with E-state index in [9.17, 15) is 4.79 Å². The summed E-state index contributed by atoms with van der Waals surface area (Å²) in [6.07, 6.45) is 4.82. The zero-order valence-electron chi connectivity index (χ0n) is 17.4.